The second kappa shape index (κ2) is 9.81. The average molecular weight is 296 g/mol. The summed E-state index contributed by atoms with van der Waals surface area (Å²) in [6.45, 7) is 7.21. The van der Waals surface area contributed by atoms with Gasteiger partial charge in [0.2, 0.25) is 0 Å². The lowest BCUT2D eigenvalue weighted by Gasteiger charge is -2.34. The summed E-state index contributed by atoms with van der Waals surface area (Å²) < 4.78 is 33.1. The lowest BCUT2D eigenvalue weighted by molar-refractivity contribution is -0.378. The standard InChI is InChI=1S/C12H28O6Si/c1-7-16-12(17-8-2,18-9-3)10-11-19(13-4,14-5)15-6/h7-11H2,1-6H3. The van der Waals surface area contributed by atoms with E-state index < -0.39 is 14.8 Å². The molecule has 0 aromatic heterocycles. The van der Waals surface area contributed by atoms with Crippen molar-refractivity contribution in [2.75, 3.05) is 41.2 Å². The zero-order valence-corrected chi connectivity index (χ0v) is 14.0. The Hall–Kier alpha value is -0.0231. The number of hydrogen-bond acceptors (Lipinski definition) is 6. The van der Waals surface area contributed by atoms with E-state index in [0.29, 0.717) is 32.3 Å². The van der Waals surface area contributed by atoms with Crippen molar-refractivity contribution in [3.05, 3.63) is 0 Å². The van der Waals surface area contributed by atoms with Gasteiger partial charge in [-0.05, 0) is 20.8 Å². The quantitative estimate of drug-likeness (QED) is 0.406. The van der Waals surface area contributed by atoms with Gasteiger partial charge in [-0.3, -0.25) is 0 Å². The van der Waals surface area contributed by atoms with Crippen molar-refractivity contribution in [2.24, 2.45) is 0 Å². The van der Waals surface area contributed by atoms with Crippen molar-refractivity contribution >= 4 is 8.80 Å². The highest BCUT2D eigenvalue weighted by Gasteiger charge is 2.43. The van der Waals surface area contributed by atoms with E-state index in [2.05, 4.69) is 0 Å². The molecule has 0 saturated heterocycles. The molecule has 0 aliphatic rings. The van der Waals surface area contributed by atoms with Crippen LogP contribution in [0, 0.1) is 0 Å². The molecule has 19 heavy (non-hydrogen) atoms. The summed E-state index contributed by atoms with van der Waals surface area (Å²) in [5, 5.41) is 0. The Morgan fingerprint density at radius 2 is 1.11 bits per heavy atom. The fraction of sp³-hybridized carbons (Fsp3) is 1.00. The molecule has 0 aliphatic heterocycles. The van der Waals surface area contributed by atoms with Gasteiger partial charge >= 0.3 is 8.80 Å². The van der Waals surface area contributed by atoms with Crippen molar-refractivity contribution in [2.45, 2.75) is 39.2 Å². The SMILES string of the molecule is CCOC(CC[Si](OC)(OC)OC)(OCC)OCC. The fourth-order valence-corrected chi connectivity index (χ4v) is 3.59. The van der Waals surface area contributed by atoms with Gasteiger partial charge in [0, 0.05) is 53.6 Å². The van der Waals surface area contributed by atoms with Crippen molar-refractivity contribution < 1.29 is 27.5 Å². The molecule has 0 saturated carbocycles. The highest BCUT2D eigenvalue weighted by molar-refractivity contribution is 6.60. The third kappa shape index (κ3) is 5.86. The predicted molar refractivity (Wildman–Crippen MR) is 73.8 cm³/mol. The van der Waals surface area contributed by atoms with Crippen LogP contribution in [0.2, 0.25) is 6.04 Å². The summed E-state index contributed by atoms with van der Waals surface area (Å²) in [6.07, 6.45) is 0.490. The molecule has 0 aromatic carbocycles. The van der Waals surface area contributed by atoms with Crippen LogP contribution in [0.25, 0.3) is 0 Å². The minimum absolute atomic E-state index is 0.490. The Balaban J connectivity index is 4.78. The molecule has 6 nitrogen and oxygen atoms in total. The molecule has 0 N–H and O–H groups in total. The third-order valence-corrected chi connectivity index (χ3v) is 5.49. The molecule has 7 heteroatoms. The van der Waals surface area contributed by atoms with E-state index in [1.54, 1.807) is 21.3 Å². The first kappa shape index (κ1) is 19.0. The van der Waals surface area contributed by atoms with Gasteiger partial charge in [0.1, 0.15) is 0 Å². The molecule has 0 unspecified atom stereocenters. The Morgan fingerprint density at radius 3 is 1.37 bits per heavy atom. The van der Waals surface area contributed by atoms with Gasteiger partial charge in [-0.1, -0.05) is 0 Å². The molecule has 0 aliphatic carbocycles. The Labute approximate surface area is 117 Å². The van der Waals surface area contributed by atoms with Crippen LogP contribution >= 0.6 is 0 Å². The fourth-order valence-electron chi connectivity index (χ4n) is 1.86. The summed E-state index contributed by atoms with van der Waals surface area (Å²) >= 11 is 0. The molecule has 0 spiro atoms. The van der Waals surface area contributed by atoms with Crippen LogP contribution in [0.5, 0.6) is 0 Å². The average Bonchev–Trinajstić information content (AvgIpc) is 2.42. The van der Waals surface area contributed by atoms with Gasteiger partial charge in [-0.25, -0.2) is 0 Å². The zero-order chi connectivity index (χ0) is 14.8. The zero-order valence-electron chi connectivity index (χ0n) is 13.0. The third-order valence-electron chi connectivity index (χ3n) is 2.76. The summed E-state index contributed by atoms with van der Waals surface area (Å²) in [5.74, 6) is -1.05. The van der Waals surface area contributed by atoms with Gasteiger partial charge in [-0.15, -0.1) is 0 Å². The van der Waals surface area contributed by atoms with Gasteiger partial charge in [-0.2, -0.15) is 0 Å². The molecule has 116 valence electrons. The molecule has 0 rings (SSSR count). The van der Waals surface area contributed by atoms with E-state index in [4.69, 9.17) is 27.5 Å². The van der Waals surface area contributed by atoms with Gasteiger partial charge < -0.3 is 27.5 Å². The van der Waals surface area contributed by atoms with E-state index in [0.717, 1.165) is 0 Å². The smallest absolute Gasteiger partial charge is 0.377 e. The molecule has 0 atom stereocenters. The molecule has 0 amide bonds. The van der Waals surface area contributed by atoms with Crippen LogP contribution in [0.3, 0.4) is 0 Å². The molecule has 0 fully saturated rings. The van der Waals surface area contributed by atoms with E-state index in [9.17, 15) is 0 Å². The van der Waals surface area contributed by atoms with Gasteiger partial charge in [0.25, 0.3) is 5.97 Å². The molecule has 0 bridgehead atoms. The van der Waals surface area contributed by atoms with Crippen LogP contribution in [-0.4, -0.2) is 55.9 Å². The van der Waals surface area contributed by atoms with Crippen molar-refractivity contribution in [1.82, 2.24) is 0 Å². The van der Waals surface area contributed by atoms with Crippen LogP contribution in [0.15, 0.2) is 0 Å². The maximum atomic E-state index is 5.65. The predicted octanol–water partition coefficient (Wildman–Crippen LogP) is 2.02. The van der Waals surface area contributed by atoms with Gasteiger partial charge in [0.05, 0.1) is 0 Å². The first-order chi connectivity index (χ1) is 9.07. The van der Waals surface area contributed by atoms with Crippen molar-refractivity contribution in [3.8, 4) is 0 Å². The highest BCUT2D eigenvalue weighted by atomic mass is 28.4. The summed E-state index contributed by atoms with van der Waals surface area (Å²) in [6, 6.07) is 0.552. The van der Waals surface area contributed by atoms with Crippen molar-refractivity contribution in [3.63, 3.8) is 0 Å². The normalized spacial score (nSPS) is 12.9. The largest absolute Gasteiger partial charge is 0.500 e. The summed E-state index contributed by atoms with van der Waals surface area (Å²) in [7, 11) is 2.10. The second-order valence-electron chi connectivity index (χ2n) is 3.78. The molecule has 0 aromatic rings. The van der Waals surface area contributed by atoms with E-state index >= 15 is 0 Å². The lowest BCUT2D eigenvalue weighted by Crippen LogP contribution is -2.47. The van der Waals surface area contributed by atoms with E-state index in [1.807, 2.05) is 20.8 Å². The number of hydrogen-bond donors (Lipinski definition) is 0. The summed E-state index contributed by atoms with van der Waals surface area (Å²) in [4.78, 5) is 0. The number of ether oxygens (including phenoxy) is 3. The number of rotatable bonds is 12. The minimum atomic E-state index is -2.65. The molecule has 0 heterocycles. The van der Waals surface area contributed by atoms with Crippen LogP contribution in [0.1, 0.15) is 27.2 Å². The topological polar surface area (TPSA) is 55.4 Å². The highest BCUT2D eigenvalue weighted by Crippen LogP contribution is 2.27. The summed E-state index contributed by atoms with van der Waals surface area (Å²) in [5.41, 5.74) is 0. The van der Waals surface area contributed by atoms with Gasteiger partial charge in [0.15, 0.2) is 0 Å². The molecular formula is C12H28O6Si. The Kier molecular flexibility index (Phi) is 9.80. The minimum Gasteiger partial charge on any atom is -0.377 e. The van der Waals surface area contributed by atoms with E-state index in [-0.39, 0.29) is 0 Å². The molecular weight excluding hydrogens is 268 g/mol. The first-order valence-electron chi connectivity index (χ1n) is 6.64. The maximum absolute atomic E-state index is 5.65. The monoisotopic (exact) mass is 296 g/mol. The van der Waals surface area contributed by atoms with Crippen molar-refractivity contribution in [1.29, 1.82) is 0 Å². The maximum Gasteiger partial charge on any atom is 0.500 e. The van der Waals surface area contributed by atoms with Crippen LogP contribution in [-0.2, 0) is 27.5 Å². The van der Waals surface area contributed by atoms with Crippen LogP contribution in [0.4, 0.5) is 0 Å². The Morgan fingerprint density at radius 1 is 0.737 bits per heavy atom. The van der Waals surface area contributed by atoms with Crippen LogP contribution < -0.4 is 0 Å². The molecule has 0 radical (unpaired) electrons. The lowest BCUT2D eigenvalue weighted by atomic mass is 10.4. The Bertz CT molecular complexity index is 197. The second-order valence-corrected chi connectivity index (χ2v) is 6.87. The first-order valence-corrected chi connectivity index (χ1v) is 8.58. The van der Waals surface area contributed by atoms with E-state index in [1.165, 1.54) is 0 Å².